The van der Waals surface area contributed by atoms with Crippen molar-refractivity contribution in [1.29, 1.82) is 0 Å². The predicted molar refractivity (Wildman–Crippen MR) is 173 cm³/mol. The highest BCUT2D eigenvalue weighted by molar-refractivity contribution is 5.99. The van der Waals surface area contributed by atoms with Gasteiger partial charge in [-0.05, 0) is 62.5 Å². The minimum absolute atomic E-state index is 0.000379. The number of carbonyl (C=O) groups is 6. The molecule has 0 radical (unpaired) electrons. The number of aromatic amines is 1. The molecule has 2 aromatic rings. The Hall–Kier alpha value is -4.42. The maximum Gasteiger partial charge on any atom is 0.305 e. The Labute approximate surface area is 274 Å². The molecular formula is C34H46N6O7. The molecule has 3 fully saturated rings. The maximum atomic E-state index is 14.0. The number of carboxylic acid groups (broad SMARTS) is 1. The van der Waals surface area contributed by atoms with E-state index in [0.717, 1.165) is 47.8 Å². The third-order valence-electron chi connectivity index (χ3n) is 9.69. The number of aryl methyl sites for hydroxylation is 1. The van der Waals surface area contributed by atoms with Gasteiger partial charge < -0.3 is 36.3 Å². The average molecular weight is 651 g/mol. The second-order valence-electron chi connectivity index (χ2n) is 13.6. The van der Waals surface area contributed by atoms with Gasteiger partial charge in [-0.25, -0.2) is 0 Å². The van der Waals surface area contributed by atoms with Crippen molar-refractivity contribution < 1.29 is 33.9 Å². The Kier molecular flexibility index (Phi) is 10.5. The fourth-order valence-corrected chi connectivity index (χ4v) is 7.34. The predicted octanol–water partition coefficient (Wildman–Crippen LogP) is 1.67. The summed E-state index contributed by atoms with van der Waals surface area (Å²) in [5.74, 6) is -4.44. The number of fused-ring (bicyclic) bond motifs is 2. The average Bonchev–Trinajstić information content (AvgIpc) is 3.78. The lowest BCUT2D eigenvalue weighted by Crippen LogP contribution is -2.59. The van der Waals surface area contributed by atoms with Gasteiger partial charge in [0.25, 0.3) is 0 Å². The number of hydrogen-bond donors (Lipinski definition) is 6. The zero-order valence-corrected chi connectivity index (χ0v) is 27.3. The van der Waals surface area contributed by atoms with E-state index in [1.165, 1.54) is 4.90 Å². The fourth-order valence-electron chi connectivity index (χ4n) is 7.34. The molecule has 3 heterocycles. The molecule has 5 atom stereocenters. The minimum atomic E-state index is -1.47. The molecule has 5 amide bonds. The highest BCUT2D eigenvalue weighted by atomic mass is 16.4. The second kappa shape index (κ2) is 14.6. The molecule has 1 saturated carbocycles. The van der Waals surface area contributed by atoms with Crippen LogP contribution in [0.15, 0.2) is 24.3 Å². The van der Waals surface area contributed by atoms with Crippen LogP contribution < -0.4 is 21.3 Å². The highest BCUT2D eigenvalue weighted by Crippen LogP contribution is 2.29. The lowest BCUT2D eigenvalue weighted by Gasteiger charge is -2.31. The number of carbonyl (C=O) groups excluding carboxylic acids is 5. The first kappa shape index (κ1) is 33.9. The van der Waals surface area contributed by atoms with Crippen molar-refractivity contribution in [3.8, 4) is 0 Å². The first-order valence-electron chi connectivity index (χ1n) is 16.7. The highest BCUT2D eigenvalue weighted by Gasteiger charge is 2.42. The van der Waals surface area contributed by atoms with Crippen LogP contribution >= 0.6 is 0 Å². The van der Waals surface area contributed by atoms with Gasteiger partial charge in [0, 0.05) is 29.6 Å². The van der Waals surface area contributed by atoms with Crippen molar-refractivity contribution in [2.75, 3.05) is 6.54 Å². The van der Waals surface area contributed by atoms with Crippen molar-refractivity contribution in [3.05, 3.63) is 35.5 Å². The van der Waals surface area contributed by atoms with Gasteiger partial charge >= 0.3 is 5.97 Å². The number of amides is 5. The molecule has 254 valence electrons. The van der Waals surface area contributed by atoms with Crippen LogP contribution in [-0.4, -0.2) is 87.2 Å². The van der Waals surface area contributed by atoms with Gasteiger partial charge in [0.15, 0.2) is 0 Å². The number of para-hydroxylation sites is 1. The summed E-state index contributed by atoms with van der Waals surface area (Å²) in [6.07, 6.45) is 3.75. The molecule has 3 aliphatic rings. The van der Waals surface area contributed by atoms with E-state index in [1.807, 2.05) is 45.0 Å². The van der Waals surface area contributed by atoms with E-state index in [-0.39, 0.29) is 31.2 Å². The topological polar surface area (TPSA) is 190 Å². The second-order valence-corrected chi connectivity index (χ2v) is 13.6. The van der Waals surface area contributed by atoms with E-state index in [4.69, 9.17) is 0 Å². The molecule has 5 unspecified atom stereocenters. The summed E-state index contributed by atoms with van der Waals surface area (Å²) in [6, 6.07) is 2.03. The third kappa shape index (κ3) is 7.77. The van der Waals surface area contributed by atoms with Gasteiger partial charge in [-0.2, -0.15) is 0 Å². The summed E-state index contributed by atoms with van der Waals surface area (Å²) in [6.45, 7) is 5.90. The number of H-pyrrole nitrogens is 1. The molecule has 1 aliphatic carbocycles. The molecule has 0 bridgehead atoms. The van der Waals surface area contributed by atoms with Gasteiger partial charge in [0.2, 0.25) is 29.5 Å². The van der Waals surface area contributed by atoms with Crippen LogP contribution in [0, 0.1) is 18.8 Å². The first-order valence-corrected chi connectivity index (χ1v) is 16.7. The van der Waals surface area contributed by atoms with E-state index in [9.17, 15) is 33.9 Å². The van der Waals surface area contributed by atoms with Crippen LogP contribution in [0.2, 0.25) is 0 Å². The number of benzene rings is 1. The van der Waals surface area contributed by atoms with Crippen LogP contribution in [0.1, 0.15) is 76.5 Å². The molecule has 2 saturated heterocycles. The number of carboxylic acids is 1. The Morgan fingerprint density at radius 2 is 1.51 bits per heavy atom. The zero-order chi connectivity index (χ0) is 33.8. The fraction of sp³-hybridized carbons (Fsp3) is 0.588. The van der Waals surface area contributed by atoms with Crippen molar-refractivity contribution in [2.24, 2.45) is 11.8 Å². The molecule has 2 aliphatic heterocycles. The summed E-state index contributed by atoms with van der Waals surface area (Å²) in [5, 5.41) is 21.8. The normalized spacial score (nSPS) is 26.8. The van der Waals surface area contributed by atoms with E-state index >= 15 is 0 Å². The van der Waals surface area contributed by atoms with E-state index in [0.29, 0.717) is 12.8 Å². The largest absolute Gasteiger partial charge is 0.481 e. The molecule has 1 aromatic heterocycles. The van der Waals surface area contributed by atoms with Crippen molar-refractivity contribution >= 4 is 46.4 Å². The van der Waals surface area contributed by atoms with Gasteiger partial charge in [-0.15, -0.1) is 0 Å². The quantitative estimate of drug-likeness (QED) is 0.263. The molecule has 5 rings (SSSR count). The number of aliphatic carboxylic acids is 1. The summed E-state index contributed by atoms with van der Waals surface area (Å²) >= 11 is 0. The SMILES string of the molecule is Cc1[nH]c2ccccc2c1CC1NC(=O)C(CC(C)C)NC(=O)C(C2CCCC2)NC(=O)C2CCCN2C(=O)C(CC(=O)O)NC1=O. The monoisotopic (exact) mass is 650 g/mol. The Bertz CT molecular complexity index is 1530. The number of nitrogens with one attached hydrogen (secondary N) is 5. The van der Waals surface area contributed by atoms with Crippen LogP contribution in [0.3, 0.4) is 0 Å². The van der Waals surface area contributed by atoms with E-state index < -0.39 is 72.1 Å². The summed E-state index contributed by atoms with van der Waals surface area (Å²) in [4.78, 5) is 86.0. The molecule has 13 heteroatoms. The van der Waals surface area contributed by atoms with Gasteiger partial charge in [-0.3, -0.25) is 28.8 Å². The number of nitrogens with zero attached hydrogens (tertiary/aromatic N) is 1. The van der Waals surface area contributed by atoms with Crippen molar-refractivity contribution in [2.45, 2.75) is 109 Å². The number of aromatic nitrogens is 1. The molecule has 47 heavy (non-hydrogen) atoms. The van der Waals surface area contributed by atoms with Crippen molar-refractivity contribution in [1.82, 2.24) is 31.2 Å². The van der Waals surface area contributed by atoms with Gasteiger partial charge in [0.1, 0.15) is 30.2 Å². The van der Waals surface area contributed by atoms with Gasteiger partial charge in [0.05, 0.1) is 6.42 Å². The Morgan fingerprint density at radius 3 is 2.21 bits per heavy atom. The smallest absolute Gasteiger partial charge is 0.305 e. The van der Waals surface area contributed by atoms with E-state index in [2.05, 4.69) is 26.3 Å². The minimum Gasteiger partial charge on any atom is -0.481 e. The Balaban J connectivity index is 1.56. The van der Waals surface area contributed by atoms with Crippen LogP contribution in [0.25, 0.3) is 10.9 Å². The summed E-state index contributed by atoms with van der Waals surface area (Å²) in [5.41, 5.74) is 2.42. The summed E-state index contributed by atoms with van der Waals surface area (Å²) < 4.78 is 0. The summed E-state index contributed by atoms with van der Waals surface area (Å²) in [7, 11) is 0. The number of rotatable bonds is 7. The molecule has 0 spiro atoms. The lowest BCUT2D eigenvalue weighted by molar-refractivity contribution is -0.146. The standard InChI is InChI=1S/C34H46N6O7/c1-18(2)15-24-30(43)36-25(16-22-19(3)35-23-12-7-6-11-21(22)23)31(44)38-26(17-28(41)42)34(47)40-14-8-13-27(40)32(45)39-29(33(46)37-24)20-9-4-5-10-20/h6-7,11-12,18,20,24-27,29,35H,4-5,8-10,13-17H2,1-3H3,(H,36,43)(H,37,46)(H,38,44)(H,39,45)(H,41,42). The lowest BCUT2D eigenvalue weighted by atomic mass is 9.95. The molecule has 1 aromatic carbocycles. The molecule has 6 N–H and O–H groups in total. The molecule has 13 nitrogen and oxygen atoms in total. The third-order valence-corrected chi connectivity index (χ3v) is 9.69. The number of hydrogen-bond acceptors (Lipinski definition) is 6. The van der Waals surface area contributed by atoms with E-state index in [1.54, 1.807) is 0 Å². The van der Waals surface area contributed by atoms with Crippen LogP contribution in [0.5, 0.6) is 0 Å². The molecular weight excluding hydrogens is 604 g/mol. The zero-order valence-electron chi connectivity index (χ0n) is 27.3. The maximum absolute atomic E-state index is 14.0. The Morgan fingerprint density at radius 1 is 0.851 bits per heavy atom. The van der Waals surface area contributed by atoms with Crippen LogP contribution in [0.4, 0.5) is 0 Å². The van der Waals surface area contributed by atoms with Crippen molar-refractivity contribution in [3.63, 3.8) is 0 Å². The first-order chi connectivity index (χ1) is 22.4. The van der Waals surface area contributed by atoms with Gasteiger partial charge in [-0.1, -0.05) is 44.9 Å². The van der Waals surface area contributed by atoms with Crippen LogP contribution in [-0.2, 0) is 35.2 Å².